The summed E-state index contributed by atoms with van der Waals surface area (Å²) in [6.45, 7) is 12.6. The molecule has 1 fully saturated rings. The van der Waals surface area contributed by atoms with E-state index in [1.165, 1.54) is 21.9 Å². The topological polar surface area (TPSA) is 76.3 Å². The summed E-state index contributed by atoms with van der Waals surface area (Å²) in [5, 5.41) is 0. The lowest BCUT2D eigenvalue weighted by Gasteiger charge is -2.34. The highest BCUT2D eigenvalue weighted by Gasteiger charge is 2.31. The number of piperazine rings is 1. The Balaban J connectivity index is 1.63. The van der Waals surface area contributed by atoms with Gasteiger partial charge < -0.3 is 9.47 Å². The predicted octanol–water partition coefficient (Wildman–Crippen LogP) is 3.93. The van der Waals surface area contributed by atoms with Gasteiger partial charge in [-0.15, -0.1) is 0 Å². The standard InChI is InChI=1S/C22H23FN4O4/c1-22(2,3)31-21(29)26-10-11-27(20(28)13-26)18-6-5-7-19(25-18)30-14-15-8-9-16(24-4)12-17(15)23/h5-9,12H,10-11,13-14H2,1-3H3. The molecule has 0 aliphatic carbocycles. The molecule has 2 aromatic rings. The van der Waals surface area contributed by atoms with Gasteiger partial charge in [0, 0.05) is 24.7 Å². The zero-order valence-electron chi connectivity index (χ0n) is 17.6. The van der Waals surface area contributed by atoms with Gasteiger partial charge in [0.25, 0.3) is 0 Å². The van der Waals surface area contributed by atoms with Crippen molar-refractivity contribution in [1.82, 2.24) is 9.88 Å². The van der Waals surface area contributed by atoms with Crippen molar-refractivity contribution in [3.05, 3.63) is 59.2 Å². The van der Waals surface area contributed by atoms with Crippen molar-refractivity contribution in [2.75, 3.05) is 24.5 Å². The predicted molar refractivity (Wildman–Crippen MR) is 111 cm³/mol. The average Bonchev–Trinajstić information content (AvgIpc) is 2.71. The summed E-state index contributed by atoms with van der Waals surface area (Å²) in [7, 11) is 0. The zero-order chi connectivity index (χ0) is 22.6. The second kappa shape index (κ2) is 9.00. The Morgan fingerprint density at radius 1 is 1.26 bits per heavy atom. The fraction of sp³-hybridized carbons (Fsp3) is 0.364. The van der Waals surface area contributed by atoms with Crippen LogP contribution in [0.5, 0.6) is 5.88 Å². The van der Waals surface area contributed by atoms with E-state index in [0.717, 1.165) is 6.07 Å². The maximum Gasteiger partial charge on any atom is 0.410 e. The Kier molecular flexibility index (Phi) is 6.39. The summed E-state index contributed by atoms with van der Waals surface area (Å²) in [5.74, 6) is -0.204. The molecule has 0 unspecified atom stereocenters. The Bertz CT molecular complexity index is 1030. The SMILES string of the molecule is [C-]#[N+]c1ccc(COc2cccc(N3CCN(C(=O)OC(C)(C)C)CC3=O)n2)c(F)c1. The number of benzene rings is 1. The van der Waals surface area contributed by atoms with Gasteiger partial charge in [-0.25, -0.2) is 14.0 Å². The summed E-state index contributed by atoms with van der Waals surface area (Å²) >= 11 is 0. The van der Waals surface area contributed by atoms with E-state index < -0.39 is 17.5 Å². The third kappa shape index (κ3) is 5.69. The Morgan fingerprint density at radius 2 is 2.03 bits per heavy atom. The van der Waals surface area contributed by atoms with Crippen molar-refractivity contribution in [3.8, 4) is 5.88 Å². The zero-order valence-corrected chi connectivity index (χ0v) is 17.6. The van der Waals surface area contributed by atoms with Crippen molar-refractivity contribution >= 4 is 23.5 Å². The molecule has 9 heteroatoms. The monoisotopic (exact) mass is 426 g/mol. The van der Waals surface area contributed by atoms with Gasteiger partial charge >= 0.3 is 6.09 Å². The van der Waals surface area contributed by atoms with Gasteiger partial charge in [0.15, 0.2) is 5.69 Å². The Hall–Kier alpha value is -3.67. The van der Waals surface area contributed by atoms with E-state index in [-0.39, 0.29) is 37.2 Å². The molecule has 162 valence electrons. The molecular formula is C22H23FN4O4. The fourth-order valence-corrected chi connectivity index (χ4v) is 2.91. The smallest absolute Gasteiger partial charge is 0.410 e. The van der Waals surface area contributed by atoms with Crippen LogP contribution in [0.15, 0.2) is 36.4 Å². The molecule has 0 saturated carbocycles. The molecular weight excluding hydrogens is 403 g/mol. The molecule has 0 radical (unpaired) electrons. The van der Waals surface area contributed by atoms with Crippen molar-refractivity contribution < 1.29 is 23.5 Å². The van der Waals surface area contributed by atoms with Crippen LogP contribution in [0.4, 0.5) is 20.7 Å². The number of halogens is 1. The number of aromatic nitrogens is 1. The summed E-state index contributed by atoms with van der Waals surface area (Å²) in [4.78, 5) is 35.1. The number of hydrogen-bond donors (Lipinski definition) is 0. The first-order valence-corrected chi connectivity index (χ1v) is 9.70. The molecule has 0 atom stereocenters. The second-order valence-electron chi connectivity index (χ2n) is 7.96. The number of ether oxygens (including phenoxy) is 2. The van der Waals surface area contributed by atoms with E-state index in [1.54, 1.807) is 39.0 Å². The van der Waals surface area contributed by atoms with Crippen LogP contribution in [0.1, 0.15) is 26.3 Å². The highest BCUT2D eigenvalue weighted by atomic mass is 19.1. The van der Waals surface area contributed by atoms with E-state index in [2.05, 4.69) is 9.83 Å². The molecule has 3 rings (SSSR count). The minimum absolute atomic E-state index is 0.0685. The first-order valence-electron chi connectivity index (χ1n) is 9.70. The molecule has 0 bridgehead atoms. The van der Waals surface area contributed by atoms with Crippen molar-refractivity contribution in [2.24, 2.45) is 0 Å². The third-order valence-electron chi connectivity index (χ3n) is 4.40. The Labute approximate surface area is 180 Å². The summed E-state index contributed by atoms with van der Waals surface area (Å²) in [5.41, 5.74) is -0.132. The highest BCUT2D eigenvalue weighted by molar-refractivity contribution is 5.96. The van der Waals surface area contributed by atoms with E-state index in [0.29, 0.717) is 17.9 Å². The van der Waals surface area contributed by atoms with Gasteiger partial charge in [0.05, 0.1) is 6.57 Å². The number of anilines is 1. The van der Waals surface area contributed by atoms with Crippen LogP contribution in [-0.4, -0.2) is 47.1 Å². The van der Waals surface area contributed by atoms with Crippen molar-refractivity contribution in [2.45, 2.75) is 33.0 Å². The van der Waals surface area contributed by atoms with Gasteiger partial charge in [0.2, 0.25) is 11.8 Å². The fourth-order valence-electron chi connectivity index (χ4n) is 2.91. The van der Waals surface area contributed by atoms with Gasteiger partial charge in [-0.1, -0.05) is 18.2 Å². The Morgan fingerprint density at radius 3 is 2.68 bits per heavy atom. The van der Waals surface area contributed by atoms with Crippen LogP contribution in [0.25, 0.3) is 4.85 Å². The summed E-state index contributed by atoms with van der Waals surface area (Å²) < 4.78 is 24.9. The second-order valence-corrected chi connectivity index (χ2v) is 7.96. The molecule has 2 amide bonds. The number of carbonyl (C=O) groups is 2. The lowest BCUT2D eigenvalue weighted by molar-refractivity contribution is -0.121. The van der Waals surface area contributed by atoms with Gasteiger partial charge in [-0.3, -0.25) is 14.6 Å². The molecule has 1 saturated heterocycles. The number of pyridine rings is 1. The average molecular weight is 426 g/mol. The van der Waals surface area contributed by atoms with E-state index >= 15 is 0 Å². The summed E-state index contributed by atoms with van der Waals surface area (Å²) in [6, 6.07) is 9.12. The van der Waals surface area contributed by atoms with Crippen LogP contribution >= 0.6 is 0 Å². The molecule has 31 heavy (non-hydrogen) atoms. The minimum Gasteiger partial charge on any atom is -0.473 e. The molecule has 0 spiro atoms. The maximum atomic E-state index is 14.0. The third-order valence-corrected chi connectivity index (χ3v) is 4.40. The first kappa shape index (κ1) is 22.0. The van der Waals surface area contributed by atoms with Gasteiger partial charge in [-0.05, 0) is 32.9 Å². The number of amides is 2. The number of hydrogen-bond acceptors (Lipinski definition) is 5. The first-order chi connectivity index (χ1) is 14.7. The van der Waals surface area contributed by atoms with Gasteiger partial charge in [0.1, 0.15) is 30.4 Å². The lowest BCUT2D eigenvalue weighted by Crippen LogP contribution is -2.53. The van der Waals surface area contributed by atoms with Crippen LogP contribution in [0.3, 0.4) is 0 Å². The molecule has 1 aromatic heterocycles. The minimum atomic E-state index is -0.639. The molecule has 2 heterocycles. The van der Waals surface area contributed by atoms with E-state index in [9.17, 15) is 14.0 Å². The molecule has 8 nitrogen and oxygen atoms in total. The van der Waals surface area contributed by atoms with E-state index in [4.69, 9.17) is 16.0 Å². The van der Waals surface area contributed by atoms with Crippen LogP contribution in [0.2, 0.25) is 0 Å². The molecule has 1 aliphatic heterocycles. The van der Waals surface area contributed by atoms with Crippen molar-refractivity contribution in [1.29, 1.82) is 0 Å². The van der Waals surface area contributed by atoms with Crippen LogP contribution in [-0.2, 0) is 16.1 Å². The van der Waals surface area contributed by atoms with E-state index in [1.807, 2.05) is 0 Å². The quantitative estimate of drug-likeness (QED) is 0.693. The number of carbonyl (C=O) groups excluding carboxylic acids is 2. The molecule has 0 N–H and O–H groups in total. The van der Waals surface area contributed by atoms with Crippen molar-refractivity contribution in [3.63, 3.8) is 0 Å². The molecule has 1 aromatic carbocycles. The largest absolute Gasteiger partial charge is 0.473 e. The van der Waals surface area contributed by atoms with Crippen LogP contribution < -0.4 is 9.64 Å². The number of rotatable bonds is 4. The molecule has 1 aliphatic rings. The van der Waals surface area contributed by atoms with Gasteiger partial charge in [-0.2, -0.15) is 4.98 Å². The normalized spacial score (nSPS) is 14.2. The lowest BCUT2D eigenvalue weighted by atomic mass is 10.2. The summed E-state index contributed by atoms with van der Waals surface area (Å²) in [6.07, 6.45) is -0.531. The maximum absolute atomic E-state index is 14.0. The number of nitrogens with zero attached hydrogens (tertiary/aromatic N) is 4. The highest BCUT2D eigenvalue weighted by Crippen LogP contribution is 2.22. The van der Waals surface area contributed by atoms with Crippen LogP contribution in [0, 0.1) is 12.4 Å².